The summed E-state index contributed by atoms with van der Waals surface area (Å²) in [5.74, 6) is -1.64. The second-order valence-corrected chi connectivity index (χ2v) is 4.72. The maximum atomic E-state index is 12.2. The largest absolute Gasteiger partial charge is 0.481 e. The zero-order chi connectivity index (χ0) is 13.9. The Morgan fingerprint density at radius 3 is 2.53 bits per heavy atom. The van der Waals surface area contributed by atoms with Crippen molar-refractivity contribution in [1.29, 1.82) is 0 Å². The number of benzene rings is 1. The molecule has 1 aliphatic heterocycles. The third-order valence-electron chi connectivity index (χ3n) is 3.56. The lowest BCUT2D eigenvalue weighted by Crippen LogP contribution is -2.51. The third kappa shape index (κ3) is 2.65. The van der Waals surface area contributed by atoms with Gasteiger partial charge in [-0.1, -0.05) is 30.3 Å². The smallest absolute Gasteiger partial charge is 0.303 e. The number of rotatable bonds is 4. The molecule has 100 valence electrons. The van der Waals surface area contributed by atoms with E-state index < -0.39 is 17.3 Å². The molecule has 0 aromatic heterocycles. The van der Waals surface area contributed by atoms with Gasteiger partial charge in [0.1, 0.15) is 0 Å². The molecule has 1 unspecified atom stereocenters. The molecule has 19 heavy (non-hydrogen) atoms. The van der Waals surface area contributed by atoms with Crippen LogP contribution in [0.5, 0.6) is 0 Å². The maximum absolute atomic E-state index is 12.2. The molecule has 0 bridgehead atoms. The fourth-order valence-corrected chi connectivity index (χ4v) is 2.49. The van der Waals surface area contributed by atoms with Crippen LogP contribution in [-0.2, 0) is 19.8 Å². The van der Waals surface area contributed by atoms with Gasteiger partial charge in [-0.3, -0.25) is 19.7 Å². The predicted octanol–water partition coefficient (Wildman–Crippen LogP) is 1.23. The summed E-state index contributed by atoms with van der Waals surface area (Å²) >= 11 is 0. The van der Waals surface area contributed by atoms with Crippen LogP contribution in [0.15, 0.2) is 30.3 Å². The van der Waals surface area contributed by atoms with Gasteiger partial charge in [-0.25, -0.2) is 0 Å². The van der Waals surface area contributed by atoms with Gasteiger partial charge in [-0.2, -0.15) is 0 Å². The van der Waals surface area contributed by atoms with Crippen LogP contribution in [0.1, 0.15) is 31.2 Å². The molecule has 1 aromatic rings. The van der Waals surface area contributed by atoms with Crippen LogP contribution in [0.25, 0.3) is 0 Å². The topological polar surface area (TPSA) is 83.5 Å². The average Bonchev–Trinajstić information content (AvgIpc) is 2.39. The number of hydrogen-bond acceptors (Lipinski definition) is 3. The molecule has 5 nitrogen and oxygen atoms in total. The van der Waals surface area contributed by atoms with Gasteiger partial charge in [-0.15, -0.1) is 0 Å². The van der Waals surface area contributed by atoms with E-state index in [1.807, 2.05) is 18.2 Å². The summed E-state index contributed by atoms with van der Waals surface area (Å²) in [6.07, 6.45) is 0.692. The predicted molar refractivity (Wildman–Crippen MR) is 67.4 cm³/mol. The number of carbonyl (C=O) groups excluding carboxylic acids is 2. The van der Waals surface area contributed by atoms with Crippen LogP contribution in [0, 0.1) is 0 Å². The molecule has 0 spiro atoms. The summed E-state index contributed by atoms with van der Waals surface area (Å²) in [5, 5.41) is 11.2. The van der Waals surface area contributed by atoms with Crippen LogP contribution in [-0.4, -0.2) is 22.9 Å². The lowest BCUT2D eigenvalue weighted by atomic mass is 9.71. The minimum absolute atomic E-state index is 0.101. The zero-order valence-corrected chi connectivity index (χ0v) is 10.4. The van der Waals surface area contributed by atoms with Gasteiger partial charge in [0.15, 0.2) is 0 Å². The van der Waals surface area contributed by atoms with Crippen LogP contribution in [0.4, 0.5) is 0 Å². The highest BCUT2D eigenvalue weighted by Crippen LogP contribution is 2.36. The molecule has 1 saturated heterocycles. The summed E-state index contributed by atoms with van der Waals surface area (Å²) in [5.41, 5.74) is -0.144. The molecule has 0 radical (unpaired) electrons. The molecule has 1 atom stereocenters. The highest BCUT2D eigenvalue weighted by molar-refractivity contribution is 6.03. The molecule has 1 heterocycles. The Balaban J connectivity index is 2.35. The molecule has 1 aromatic carbocycles. The Hall–Kier alpha value is -2.17. The summed E-state index contributed by atoms with van der Waals surface area (Å²) in [7, 11) is 0. The van der Waals surface area contributed by atoms with Crippen LogP contribution >= 0.6 is 0 Å². The van der Waals surface area contributed by atoms with Crippen molar-refractivity contribution in [2.45, 2.75) is 31.1 Å². The van der Waals surface area contributed by atoms with Crippen molar-refractivity contribution in [3.63, 3.8) is 0 Å². The van der Waals surface area contributed by atoms with Gasteiger partial charge >= 0.3 is 5.97 Å². The Kier molecular flexibility index (Phi) is 3.64. The van der Waals surface area contributed by atoms with Gasteiger partial charge in [0, 0.05) is 12.8 Å². The van der Waals surface area contributed by atoms with E-state index in [0.29, 0.717) is 6.42 Å². The number of carboxylic acids is 1. The van der Waals surface area contributed by atoms with Gasteiger partial charge < -0.3 is 5.11 Å². The van der Waals surface area contributed by atoms with Gasteiger partial charge in [0.05, 0.1) is 5.41 Å². The lowest BCUT2D eigenvalue weighted by molar-refractivity contribution is -0.139. The highest BCUT2D eigenvalue weighted by Gasteiger charge is 2.44. The van der Waals surface area contributed by atoms with E-state index in [9.17, 15) is 14.4 Å². The molecule has 2 rings (SSSR count). The summed E-state index contributed by atoms with van der Waals surface area (Å²) in [4.78, 5) is 34.3. The summed E-state index contributed by atoms with van der Waals surface area (Å²) < 4.78 is 0. The monoisotopic (exact) mass is 261 g/mol. The normalized spacial score (nSPS) is 22.9. The standard InChI is InChI=1S/C14H15NO4/c16-11-6-8-14(13(19)15-11,9-7-12(17)18)10-4-2-1-3-5-10/h1-5H,6-9H2,(H,17,18)(H,15,16,19). The zero-order valence-electron chi connectivity index (χ0n) is 10.4. The van der Waals surface area contributed by atoms with E-state index in [0.717, 1.165) is 5.56 Å². The molecule has 2 N–H and O–H groups in total. The molecule has 2 amide bonds. The SMILES string of the molecule is O=C(O)CCC1(c2ccccc2)CCC(=O)NC1=O. The van der Waals surface area contributed by atoms with Crippen molar-refractivity contribution >= 4 is 17.8 Å². The Labute approximate surface area is 110 Å². The number of aliphatic carboxylic acids is 1. The van der Waals surface area contributed by atoms with Gasteiger partial charge in [0.25, 0.3) is 0 Å². The number of carbonyl (C=O) groups is 3. The molecule has 1 fully saturated rings. The number of piperidine rings is 1. The highest BCUT2D eigenvalue weighted by atomic mass is 16.4. The number of hydrogen-bond donors (Lipinski definition) is 2. The average molecular weight is 261 g/mol. The molecule has 1 aliphatic rings. The first-order chi connectivity index (χ1) is 9.04. The molecule has 0 saturated carbocycles. The van der Waals surface area contributed by atoms with E-state index in [2.05, 4.69) is 5.32 Å². The van der Waals surface area contributed by atoms with Crippen LogP contribution < -0.4 is 5.32 Å². The Morgan fingerprint density at radius 1 is 1.26 bits per heavy atom. The quantitative estimate of drug-likeness (QED) is 0.798. The van der Waals surface area contributed by atoms with Gasteiger partial charge in [-0.05, 0) is 18.4 Å². The van der Waals surface area contributed by atoms with Crippen molar-refractivity contribution in [1.82, 2.24) is 5.32 Å². The van der Waals surface area contributed by atoms with Crippen molar-refractivity contribution in [3.8, 4) is 0 Å². The molecule has 0 aliphatic carbocycles. The first-order valence-corrected chi connectivity index (χ1v) is 6.16. The summed E-state index contributed by atoms with van der Waals surface area (Å²) in [6.45, 7) is 0. The fourth-order valence-electron chi connectivity index (χ4n) is 2.49. The maximum Gasteiger partial charge on any atom is 0.303 e. The number of nitrogens with one attached hydrogen (secondary N) is 1. The van der Waals surface area contributed by atoms with Crippen molar-refractivity contribution in [2.75, 3.05) is 0 Å². The summed E-state index contributed by atoms with van der Waals surface area (Å²) in [6, 6.07) is 9.05. The third-order valence-corrected chi connectivity index (χ3v) is 3.56. The number of amides is 2. The van der Waals surface area contributed by atoms with E-state index in [4.69, 9.17) is 5.11 Å². The first-order valence-electron chi connectivity index (χ1n) is 6.16. The van der Waals surface area contributed by atoms with Crippen molar-refractivity contribution < 1.29 is 19.5 Å². The van der Waals surface area contributed by atoms with Crippen molar-refractivity contribution in [3.05, 3.63) is 35.9 Å². The Morgan fingerprint density at radius 2 is 1.95 bits per heavy atom. The number of imide groups is 1. The van der Waals surface area contributed by atoms with Gasteiger partial charge in [0.2, 0.25) is 11.8 Å². The second kappa shape index (κ2) is 5.22. The minimum atomic E-state index is -0.944. The second-order valence-electron chi connectivity index (χ2n) is 4.72. The molecule has 5 heteroatoms. The molecular formula is C14H15NO4. The van der Waals surface area contributed by atoms with E-state index >= 15 is 0 Å². The van der Waals surface area contributed by atoms with Crippen molar-refractivity contribution in [2.24, 2.45) is 0 Å². The van der Waals surface area contributed by atoms with E-state index in [1.165, 1.54) is 0 Å². The first kappa shape index (κ1) is 13.3. The lowest BCUT2D eigenvalue weighted by Gasteiger charge is -2.35. The van der Waals surface area contributed by atoms with E-state index in [-0.39, 0.29) is 25.2 Å². The Bertz CT molecular complexity index is 511. The minimum Gasteiger partial charge on any atom is -0.481 e. The van der Waals surface area contributed by atoms with Crippen LogP contribution in [0.2, 0.25) is 0 Å². The van der Waals surface area contributed by atoms with E-state index in [1.54, 1.807) is 12.1 Å². The molecular weight excluding hydrogens is 246 g/mol. The number of carboxylic acid groups (broad SMARTS) is 1. The van der Waals surface area contributed by atoms with Crippen LogP contribution in [0.3, 0.4) is 0 Å². The fraction of sp³-hybridized carbons (Fsp3) is 0.357.